The van der Waals surface area contributed by atoms with E-state index in [1.807, 2.05) is 6.92 Å². The molecule has 1 fully saturated rings. The summed E-state index contributed by atoms with van der Waals surface area (Å²) < 4.78 is 5.82. The number of hydrogen-bond donors (Lipinski definition) is 2. The Morgan fingerprint density at radius 2 is 1.89 bits per heavy atom. The molecular formula is C14H24N4O. The number of hydrogen-bond acceptors (Lipinski definition) is 5. The second-order valence-electron chi connectivity index (χ2n) is 4.93. The number of nitrogens with one attached hydrogen (secondary N) is 2. The molecule has 19 heavy (non-hydrogen) atoms. The van der Waals surface area contributed by atoms with Crippen LogP contribution >= 0.6 is 0 Å². The van der Waals surface area contributed by atoms with Crippen molar-refractivity contribution in [3.63, 3.8) is 0 Å². The van der Waals surface area contributed by atoms with Gasteiger partial charge in [0.25, 0.3) is 0 Å². The summed E-state index contributed by atoms with van der Waals surface area (Å²) >= 11 is 0. The molecule has 106 valence electrons. The highest BCUT2D eigenvalue weighted by Crippen LogP contribution is 2.21. The lowest BCUT2D eigenvalue weighted by Gasteiger charge is -2.14. The van der Waals surface area contributed by atoms with Gasteiger partial charge in [-0.15, -0.1) is 0 Å². The third kappa shape index (κ3) is 4.06. The van der Waals surface area contributed by atoms with Crippen molar-refractivity contribution in [2.75, 3.05) is 30.3 Å². The predicted molar refractivity (Wildman–Crippen MR) is 77.6 cm³/mol. The van der Waals surface area contributed by atoms with E-state index < -0.39 is 0 Å². The Bertz CT molecular complexity index is 391. The van der Waals surface area contributed by atoms with E-state index in [1.54, 1.807) is 6.33 Å². The Morgan fingerprint density at radius 3 is 2.58 bits per heavy atom. The predicted octanol–water partition coefficient (Wildman–Crippen LogP) is 2.59. The molecule has 5 nitrogen and oxygen atoms in total. The molecular weight excluding hydrogens is 240 g/mol. The van der Waals surface area contributed by atoms with Crippen LogP contribution in [0, 0.1) is 6.92 Å². The lowest BCUT2D eigenvalue weighted by atomic mass is 10.3. The molecule has 1 aliphatic rings. The molecule has 0 saturated heterocycles. The highest BCUT2D eigenvalue weighted by molar-refractivity contribution is 5.56. The average Bonchev–Trinajstić information content (AvgIpc) is 2.92. The van der Waals surface area contributed by atoms with Crippen molar-refractivity contribution in [3.8, 4) is 0 Å². The van der Waals surface area contributed by atoms with Crippen molar-refractivity contribution in [1.29, 1.82) is 0 Å². The van der Waals surface area contributed by atoms with Gasteiger partial charge < -0.3 is 15.4 Å². The SMILES string of the molecule is CCNc1ncnc(NCCOC2CCCC2)c1C. The number of anilines is 2. The Labute approximate surface area is 115 Å². The minimum absolute atomic E-state index is 0.477. The van der Waals surface area contributed by atoms with Gasteiger partial charge in [-0.05, 0) is 26.7 Å². The largest absolute Gasteiger partial charge is 0.376 e. The summed E-state index contributed by atoms with van der Waals surface area (Å²) in [7, 11) is 0. The summed E-state index contributed by atoms with van der Waals surface area (Å²) in [6.07, 6.45) is 7.13. The molecule has 1 heterocycles. The minimum atomic E-state index is 0.477. The van der Waals surface area contributed by atoms with Gasteiger partial charge in [0.15, 0.2) is 0 Å². The first kappa shape index (κ1) is 14.1. The topological polar surface area (TPSA) is 59.1 Å². The standard InChI is InChI=1S/C14H24N4O/c1-3-15-13-11(2)14(18-10-17-13)16-8-9-19-12-6-4-5-7-12/h10,12H,3-9H2,1-2H3,(H2,15,16,17,18). The van der Waals surface area contributed by atoms with E-state index in [1.165, 1.54) is 25.7 Å². The molecule has 1 aliphatic carbocycles. The van der Waals surface area contributed by atoms with Crippen molar-refractivity contribution in [3.05, 3.63) is 11.9 Å². The van der Waals surface area contributed by atoms with Gasteiger partial charge in [-0.2, -0.15) is 0 Å². The van der Waals surface area contributed by atoms with E-state index in [0.717, 1.165) is 36.9 Å². The van der Waals surface area contributed by atoms with Crippen LogP contribution in [0.15, 0.2) is 6.33 Å². The van der Waals surface area contributed by atoms with Gasteiger partial charge in [-0.1, -0.05) is 12.8 Å². The van der Waals surface area contributed by atoms with E-state index in [4.69, 9.17) is 4.74 Å². The van der Waals surface area contributed by atoms with E-state index in [9.17, 15) is 0 Å². The van der Waals surface area contributed by atoms with E-state index >= 15 is 0 Å². The third-order valence-corrected chi connectivity index (χ3v) is 3.48. The highest BCUT2D eigenvalue weighted by Gasteiger charge is 2.14. The summed E-state index contributed by atoms with van der Waals surface area (Å²) in [5.41, 5.74) is 1.06. The fraction of sp³-hybridized carbons (Fsp3) is 0.714. The number of nitrogens with zero attached hydrogens (tertiary/aromatic N) is 2. The first-order valence-corrected chi connectivity index (χ1v) is 7.22. The van der Waals surface area contributed by atoms with Crippen LogP contribution in [0.1, 0.15) is 38.2 Å². The van der Waals surface area contributed by atoms with Crippen LogP contribution < -0.4 is 10.6 Å². The maximum absolute atomic E-state index is 5.82. The van der Waals surface area contributed by atoms with Gasteiger partial charge in [0.2, 0.25) is 0 Å². The van der Waals surface area contributed by atoms with Crippen LogP contribution in [-0.2, 0) is 4.74 Å². The second-order valence-corrected chi connectivity index (χ2v) is 4.93. The molecule has 0 atom stereocenters. The zero-order chi connectivity index (χ0) is 13.5. The molecule has 2 N–H and O–H groups in total. The molecule has 1 aromatic rings. The Morgan fingerprint density at radius 1 is 1.21 bits per heavy atom. The number of rotatable bonds is 7. The summed E-state index contributed by atoms with van der Waals surface area (Å²) in [6, 6.07) is 0. The van der Waals surface area contributed by atoms with E-state index in [2.05, 4.69) is 27.5 Å². The lowest BCUT2D eigenvalue weighted by Crippen LogP contribution is -2.17. The number of aromatic nitrogens is 2. The van der Waals surface area contributed by atoms with Crippen molar-refractivity contribution in [1.82, 2.24) is 9.97 Å². The Kier molecular flexibility index (Phi) is 5.39. The lowest BCUT2D eigenvalue weighted by molar-refractivity contribution is 0.0658. The van der Waals surface area contributed by atoms with E-state index in [0.29, 0.717) is 6.10 Å². The van der Waals surface area contributed by atoms with Gasteiger partial charge in [-0.25, -0.2) is 9.97 Å². The maximum Gasteiger partial charge on any atom is 0.134 e. The van der Waals surface area contributed by atoms with Gasteiger partial charge in [0.1, 0.15) is 18.0 Å². The molecule has 1 saturated carbocycles. The average molecular weight is 264 g/mol. The van der Waals surface area contributed by atoms with Gasteiger partial charge in [0.05, 0.1) is 12.7 Å². The van der Waals surface area contributed by atoms with E-state index in [-0.39, 0.29) is 0 Å². The summed E-state index contributed by atoms with van der Waals surface area (Å²) in [4.78, 5) is 8.50. The van der Waals surface area contributed by atoms with Crippen molar-refractivity contribution >= 4 is 11.6 Å². The van der Waals surface area contributed by atoms with Crippen LogP contribution in [0.2, 0.25) is 0 Å². The van der Waals surface area contributed by atoms with Crippen LogP contribution in [0.5, 0.6) is 0 Å². The summed E-state index contributed by atoms with van der Waals surface area (Å²) in [5.74, 6) is 1.79. The van der Waals surface area contributed by atoms with Crippen LogP contribution in [0.4, 0.5) is 11.6 Å². The minimum Gasteiger partial charge on any atom is -0.376 e. The zero-order valence-corrected chi connectivity index (χ0v) is 11.9. The smallest absolute Gasteiger partial charge is 0.134 e. The first-order valence-electron chi connectivity index (χ1n) is 7.22. The number of ether oxygens (including phenoxy) is 1. The third-order valence-electron chi connectivity index (χ3n) is 3.48. The molecule has 5 heteroatoms. The molecule has 0 radical (unpaired) electrons. The highest BCUT2D eigenvalue weighted by atomic mass is 16.5. The Hall–Kier alpha value is -1.36. The van der Waals surface area contributed by atoms with Crippen molar-refractivity contribution in [2.45, 2.75) is 45.6 Å². The molecule has 0 aromatic carbocycles. The molecule has 0 aliphatic heterocycles. The van der Waals surface area contributed by atoms with Gasteiger partial charge >= 0.3 is 0 Å². The molecule has 0 unspecified atom stereocenters. The van der Waals surface area contributed by atoms with Gasteiger partial charge in [0, 0.05) is 18.7 Å². The fourth-order valence-electron chi connectivity index (χ4n) is 2.42. The molecule has 0 bridgehead atoms. The normalized spacial score (nSPS) is 15.7. The van der Waals surface area contributed by atoms with Crippen molar-refractivity contribution < 1.29 is 4.74 Å². The molecule has 0 amide bonds. The monoisotopic (exact) mass is 264 g/mol. The van der Waals surface area contributed by atoms with Crippen LogP contribution in [0.25, 0.3) is 0 Å². The summed E-state index contributed by atoms with van der Waals surface area (Å²) in [6.45, 7) is 6.48. The quantitative estimate of drug-likeness (QED) is 0.741. The maximum atomic E-state index is 5.82. The molecule has 2 rings (SSSR count). The van der Waals surface area contributed by atoms with Crippen molar-refractivity contribution in [2.24, 2.45) is 0 Å². The zero-order valence-electron chi connectivity index (χ0n) is 11.9. The summed E-state index contributed by atoms with van der Waals surface area (Å²) in [5, 5.41) is 6.55. The fourth-order valence-corrected chi connectivity index (χ4v) is 2.42. The second kappa shape index (κ2) is 7.28. The molecule has 0 spiro atoms. The van der Waals surface area contributed by atoms with Gasteiger partial charge in [-0.3, -0.25) is 0 Å². The van der Waals surface area contributed by atoms with Crippen LogP contribution in [0.3, 0.4) is 0 Å². The molecule has 1 aromatic heterocycles. The first-order chi connectivity index (χ1) is 9.31. The van der Waals surface area contributed by atoms with Crippen LogP contribution in [-0.4, -0.2) is 35.8 Å². The Balaban J connectivity index is 1.77.